The lowest BCUT2D eigenvalue weighted by molar-refractivity contribution is -0.170. The lowest BCUT2D eigenvalue weighted by Crippen LogP contribution is -2.40. The summed E-state index contributed by atoms with van der Waals surface area (Å²) in [6.45, 7) is 0. The third-order valence-electron chi connectivity index (χ3n) is 1.96. The Morgan fingerprint density at radius 2 is 2.14 bits per heavy atom. The van der Waals surface area contributed by atoms with Gasteiger partial charge in [0.2, 0.25) is 0 Å². The van der Waals surface area contributed by atoms with Gasteiger partial charge in [-0.3, -0.25) is 4.79 Å². The van der Waals surface area contributed by atoms with E-state index in [4.69, 9.17) is 6.42 Å². The van der Waals surface area contributed by atoms with E-state index < -0.39 is 36.8 Å². The van der Waals surface area contributed by atoms with Crippen molar-refractivity contribution in [3.05, 3.63) is 0 Å². The van der Waals surface area contributed by atoms with Crippen LogP contribution in [-0.4, -0.2) is 24.4 Å². The number of ether oxygens (including phenoxy) is 1. The first-order chi connectivity index (χ1) is 6.39. The van der Waals surface area contributed by atoms with Crippen molar-refractivity contribution in [2.24, 2.45) is 5.92 Å². The highest BCUT2D eigenvalue weighted by Crippen LogP contribution is 2.39. The first-order valence-corrected chi connectivity index (χ1v) is 3.71. The fourth-order valence-corrected chi connectivity index (χ4v) is 1.21. The molecule has 0 amide bonds. The maximum Gasteiger partial charge on any atom is 0.315 e. The number of alkyl halides is 4. The van der Waals surface area contributed by atoms with E-state index in [1.807, 2.05) is 0 Å². The number of hydrogen-bond donors (Lipinski definition) is 0. The third-order valence-corrected chi connectivity index (χ3v) is 1.96. The lowest BCUT2D eigenvalue weighted by atomic mass is 9.94. The molecule has 1 aliphatic rings. The van der Waals surface area contributed by atoms with Gasteiger partial charge >= 0.3 is 18.3 Å². The quantitative estimate of drug-likeness (QED) is 0.391. The predicted molar refractivity (Wildman–Crippen MR) is 37.8 cm³/mol. The summed E-state index contributed by atoms with van der Waals surface area (Å²) in [5, 5.41) is 0. The maximum atomic E-state index is 12.8. The monoisotopic (exact) mass is 210 g/mol. The minimum Gasteiger partial charge on any atom is -0.449 e. The Labute approximate surface area is 77.2 Å². The van der Waals surface area contributed by atoms with Gasteiger partial charge in [-0.1, -0.05) is 5.92 Å². The molecular weight excluding hydrogens is 204 g/mol. The van der Waals surface area contributed by atoms with Crippen molar-refractivity contribution in [2.75, 3.05) is 0 Å². The molecule has 0 aliphatic carbocycles. The van der Waals surface area contributed by atoms with Crippen molar-refractivity contribution in [3.63, 3.8) is 0 Å². The Morgan fingerprint density at radius 3 is 2.57 bits per heavy atom. The summed E-state index contributed by atoms with van der Waals surface area (Å²) in [5.74, 6) is -5.44. The minimum absolute atomic E-state index is 0.772. The molecule has 0 aromatic carbocycles. The molecule has 0 saturated carbocycles. The molecule has 2 atom stereocenters. The van der Waals surface area contributed by atoms with E-state index in [2.05, 4.69) is 4.74 Å². The Kier molecular flexibility index (Phi) is 2.69. The third kappa shape index (κ3) is 1.67. The van der Waals surface area contributed by atoms with E-state index in [1.54, 1.807) is 5.92 Å². The van der Waals surface area contributed by atoms with Crippen LogP contribution in [-0.2, 0) is 9.53 Å². The molecule has 78 valence electrons. The maximum absolute atomic E-state index is 12.8. The fraction of sp³-hybridized carbons (Fsp3) is 0.625. The second kappa shape index (κ2) is 3.48. The van der Waals surface area contributed by atoms with Crippen LogP contribution in [0.25, 0.3) is 0 Å². The van der Waals surface area contributed by atoms with Gasteiger partial charge in [-0.05, 0) is 0 Å². The van der Waals surface area contributed by atoms with Crippen molar-refractivity contribution in [1.29, 1.82) is 0 Å². The van der Waals surface area contributed by atoms with Crippen LogP contribution < -0.4 is 0 Å². The van der Waals surface area contributed by atoms with Crippen LogP contribution in [0.15, 0.2) is 0 Å². The highest BCUT2D eigenvalue weighted by atomic mass is 19.3. The van der Waals surface area contributed by atoms with Crippen LogP contribution >= 0.6 is 0 Å². The molecule has 6 heteroatoms. The summed E-state index contributed by atoms with van der Waals surface area (Å²) in [6, 6.07) is 0. The van der Waals surface area contributed by atoms with E-state index in [0.29, 0.717) is 0 Å². The van der Waals surface area contributed by atoms with E-state index in [9.17, 15) is 22.4 Å². The highest BCUT2D eigenvalue weighted by molar-refractivity contribution is 5.73. The number of carbonyl (C=O) groups excluding carboxylic acids is 1. The van der Waals surface area contributed by atoms with Gasteiger partial charge < -0.3 is 4.74 Å². The van der Waals surface area contributed by atoms with Crippen molar-refractivity contribution < 1.29 is 27.1 Å². The van der Waals surface area contributed by atoms with Crippen LogP contribution in [0.2, 0.25) is 0 Å². The Hall–Kier alpha value is -1.25. The normalized spacial score (nSPS) is 27.6. The second-order valence-electron chi connectivity index (χ2n) is 2.86. The number of halogens is 4. The van der Waals surface area contributed by atoms with Crippen molar-refractivity contribution in [1.82, 2.24) is 0 Å². The number of terminal acetylenes is 1. The standard InChI is InChI=1S/C8H6F4O2/c1-2-5-4(3-6(13)14-5)8(11,12)7(9)10/h1,4-5,7H,3H2. The first-order valence-electron chi connectivity index (χ1n) is 3.71. The summed E-state index contributed by atoms with van der Waals surface area (Å²) in [7, 11) is 0. The Bertz CT molecular complexity index is 282. The van der Waals surface area contributed by atoms with Gasteiger partial charge in [0.05, 0.1) is 12.3 Å². The molecule has 0 aromatic heterocycles. The van der Waals surface area contributed by atoms with Gasteiger partial charge in [0.1, 0.15) is 0 Å². The SMILES string of the molecule is C#CC1OC(=O)CC1C(F)(F)C(F)F. The van der Waals surface area contributed by atoms with Gasteiger partial charge in [-0.2, -0.15) is 8.78 Å². The highest BCUT2D eigenvalue weighted by Gasteiger charge is 2.56. The van der Waals surface area contributed by atoms with Gasteiger partial charge in [0.25, 0.3) is 0 Å². The molecule has 0 N–H and O–H groups in total. The number of rotatable bonds is 2. The van der Waals surface area contributed by atoms with Crippen molar-refractivity contribution in [2.45, 2.75) is 24.9 Å². The van der Waals surface area contributed by atoms with Crippen molar-refractivity contribution >= 4 is 5.97 Å². The average Bonchev–Trinajstić information content (AvgIpc) is 2.46. The second-order valence-corrected chi connectivity index (χ2v) is 2.86. The molecule has 0 aromatic rings. The molecule has 0 bridgehead atoms. The molecular formula is C8H6F4O2. The summed E-state index contributed by atoms with van der Waals surface area (Å²) in [4.78, 5) is 10.6. The molecule has 1 saturated heterocycles. The zero-order valence-electron chi connectivity index (χ0n) is 6.84. The number of hydrogen-bond acceptors (Lipinski definition) is 2. The zero-order chi connectivity index (χ0) is 10.9. The number of esters is 1. The minimum atomic E-state index is -4.29. The van der Waals surface area contributed by atoms with E-state index in [0.717, 1.165) is 0 Å². The topological polar surface area (TPSA) is 26.3 Å². The van der Waals surface area contributed by atoms with Crippen LogP contribution in [0.4, 0.5) is 17.6 Å². The van der Waals surface area contributed by atoms with Crippen LogP contribution in [0.3, 0.4) is 0 Å². The van der Waals surface area contributed by atoms with Crippen molar-refractivity contribution in [3.8, 4) is 12.3 Å². The number of cyclic esters (lactones) is 1. The molecule has 1 rings (SSSR count). The summed E-state index contributed by atoms with van der Waals surface area (Å²) in [6.07, 6.45) is -1.41. The molecule has 0 radical (unpaired) electrons. The summed E-state index contributed by atoms with van der Waals surface area (Å²) >= 11 is 0. The molecule has 2 unspecified atom stereocenters. The van der Waals surface area contributed by atoms with Crippen LogP contribution in [0.5, 0.6) is 0 Å². The summed E-state index contributed by atoms with van der Waals surface area (Å²) in [5.41, 5.74) is 0. The van der Waals surface area contributed by atoms with Crippen LogP contribution in [0.1, 0.15) is 6.42 Å². The molecule has 1 aliphatic heterocycles. The van der Waals surface area contributed by atoms with E-state index in [1.165, 1.54) is 0 Å². The molecule has 14 heavy (non-hydrogen) atoms. The molecule has 1 heterocycles. The Morgan fingerprint density at radius 1 is 1.57 bits per heavy atom. The fourth-order valence-electron chi connectivity index (χ4n) is 1.21. The summed E-state index contributed by atoms with van der Waals surface area (Å²) < 4.78 is 53.7. The van der Waals surface area contributed by atoms with Gasteiger partial charge in [-0.25, -0.2) is 8.78 Å². The van der Waals surface area contributed by atoms with Gasteiger partial charge in [-0.15, -0.1) is 6.42 Å². The van der Waals surface area contributed by atoms with E-state index in [-0.39, 0.29) is 0 Å². The number of carbonyl (C=O) groups is 1. The van der Waals surface area contributed by atoms with Gasteiger partial charge in [0.15, 0.2) is 6.10 Å². The largest absolute Gasteiger partial charge is 0.449 e. The lowest BCUT2D eigenvalue weighted by Gasteiger charge is -2.22. The molecule has 1 fully saturated rings. The average molecular weight is 210 g/mol. The first kappa shape index (κ1) is 10.8. The Balaban J connectivity index is 2.87. The van der Waals surface area contributed by atoms with Gasteiger partial charge in [0, 0.05) is 0 Å². The smallest absolute Gasteiger partial charge is 0.315 e. The van der Waals surface area contributed by atoms with E-state index >= 15 is 0 Å². The molecule has 0 spiro atoms. The predicted octanol–water partition coefficient (Wildman–Crippen LogP) is 1.45. The van der Waals surface area contributed by atoms with Crippen LogP contribution in [0, 0.1) is 18.3 Å². The zero-order valence-corrected chi connectivity index (χ0v) is 6.84. The molecule has 2 nitrogen and oxygen atoms in total.